The molecule has 7 nitrogen and oxygen atoms in total. The first-order valence-corrected chi connectivity index (χ1v) is 8.58. The lowest BCUT2D eigenvalue weighted by Gasteiger charge is -2.10. The Morgan fingerprint density at radius 3 is 2.69 bits per heavy atom. The van der Waals surface area contributed by atoms with Crippen molar-refractivity contribution in [2.75, 3.05) is 0 Å². The molecule has 0 aliphatic heterocycles. The largest absolute Gasteiger partial charge is 0.327 e. The van der Waals surface area contributed by atoms with Crippen molar-refractivity contribution in [1.82, 2.24) is 19.1 Å². The number of imidazole rings is 2. The van der Waals surface area contributed by atoms with Crippen molar-refractivity contribution >= 4 is 29.1 Å². The minimum Gasteiger partial charge on any atom is -0.327 e. The molecule has 0 aliphatic carbocycles. The highest BCUT2D eigenvalue weighted by Gasteiger charge is 2.17. The third-order valence-electron chi connectivity index (χ3n) is 4.53. The zero-order valence-electron chi connectivity index (χ0n) is 15.2. The van der Waals surface area contributed by atoms with Gasteiger partial charge in [0.1, 0.15) is 23.3 Å². The average molecular weight is 420 g/mol. The fourth-order valence-electron chi connectivity index (χ4n) is 3.26. The Hall–Kier alpha value is -3.33. The molecule has 0 radical (unpaired) electrons. The van der Waals surface area contributed by atoms with E-state index in [1.807, 2.05) is 11.5 Å². The zero-order valence-corrected chi connectivity index (χ0v) is 16.1. The number of hydrogen-bond acceptors (Lipinski definition) is 4. The molecule has 0 unspecified atom stereocenters. The smallest absolute Gasteiger partial charge is 0.271 e. The van der Waals surface area contributed by atoms with Crippen LogP contribution in [0.2, 0.25) is 0 Å². The molecule has 2 aromatic heterocycles. The van der Waals surface area contributed by atoms with Crippen molar-refractivity contribution in [3.8, 4) is 11.4 Å². The highest BCUT2D eigenvalue weighted by atomic mass is 35.5. The van der Waals surface area contributed by atoms with Gasteiger partial charge < -0.3 is 9.13 Å². The van der Waals surface area contributed by atoms with Gasteiger partial charge in [-0.15, -0.1) is 12.4 Å². The van der Waals surface area contributed by atoms with Crippen molar-refractivity contribution in [3.63, 3.8) is 0 Å². The van der Waals surface area contributed by atoms with Crippen LogP contribution in [0.15, 0.2) is 48.8 Å². The minimum atomic E-state index is -0.575. The molecule has 0 N–H and O–H groups in total. The summed E-state index contributed by atoms with van der Waals surface area (Å²) in [5, 5.41) is 11.0. The van der Waals surface area contributed by atoms with Crippen LogP contribution in [0.5, 0.6) is 0 Å². The molecule has 150 valence electrons. The van der Waals surface area contributed by atoms with E-state index in [-0.39, 0.29) is 36.0 Å². The summed E-state index contributed by atoms with van der Waals surface area (Å²) in [4.78, 5) is 19.2. The molecule has 29 heavy (non-hydrogen) atoms. The Labute approximate surface area is 170 Å². The summed E-state index contributed by atoms with van der Waals surface area (Å²) in [6.07, 6.45) is 3.16. The second kappa shape index (κ2) is 7.96. The van der Waals surface area contributed by atoms with E-state index in [9.17, 15) is 18.9 Å². The maximum absolute atomic E-state index is 14.2. The molecule has 4 rings (SSSR count). The summed E-state index contributed by atoms with van der Waals surface area (Å²) < 4.78 is 31.4. The molecule has 0 saturated heterocycles. The number of rotatable bonds is 5. The third kappa shape index (κ3) is 3.68. The van der Waals surface area contributed by atoms with Crippen molar-refractivity contribution < 1.29 is 13.7 Å². The van der Waals surface area contributed by atoms with Crippen molar-refractivity contribution in [3.05, 3.63) is 76.4 Å². The molecule has 2 aromatic carbocycles. The Morgan fingerprint density at radius 2 is 1.97 bits per heavy atom. The second-order valence-corrected chi connectivity index (χ2v) is 6.21. The summed E-state index contributed by atoms with van der Waals surface area (Å²) in [6.45, 7) is 2.79. The van der Waals surface area contributed by atoms with E-state index < -0.39 is 16.6 Å². The van der Waals surface area contributed by atoms with E-state index in [0.29, 0.717) is 17.9 Å². The summed E-state index contributed by atoms with van der Waals surface area (Å²) in [5.41, 5.74) is 1.29. The Bertz CT molecular complexity index is 1200. The van der Waals surface area contributed by atoms with Crippen LogP contribution in [-0.4, -0.2) is 24.0 Å². The summed E-state index contributed by atoms with van der Waals surface area (Å²) in [7, 11) is 0. The lowest BCUT2D eigenvalue weighted by molar-refractivity contribution is -0.384. The number of nitro groups is 1. The van der Waals surface area contributed by atoms with Crippen LogP contribution in [0, 0.1) is 21.7 Å². The van der Waals surface area contributed by atoms with Crippen LogP contribution in [0.25, 0.3) is 22.4 Å². The Balaban J connectivity index is 0.00000240. The monoisotopic (exact) mass is 419 g/mol. The molecule has 10 heteroatoms. The maximum atomic E-state index is 14.2. The number of hydrogen-bond donors (Lipinski definition) is 0. The fourth-order valence-corrected chi connectivity index (χ4v) is 3.26. The molecule has 0 saturated carbocycles. The fraction of sp³-hybridized carbons (Fsp3) is 0.158. The van der Waals surface area contributed by atoms with Gasteiger partial charge in [-0.25, -0.2) is 18.7 Å². The molecule has 0 fully saturated rings. The molecule has 0 amide bonds. The molecule has 2 heterocycles. The molecule has 0 bridgehead atoms. The molecular weight excluding hydrogens is 404 g/mol. The lowest BCUT2D eigenvalue weighted by atomic mass is 10.2. The van der Waals surface area contributed by atoms with Gasteiger partial charge >= 0.3 is 0 Å². The van der Waals surface area contributed by atoms with Gasteiger partial charge in [0.15, 0.2) is 0 Å². The normalized spacial score (nSPS) is 10.9. The average Bonchev–Trinajstić information content (AvgIpc) is 3.27. The SMILES string of the molecule is CCn1c(Cn2ccnc2-c2cc(F)ccc2F)nc2cc([N+](=O)[O-])ccc21.Cl. The molecule has 0 atom stereocenters. The minimum absolute atomic E-state index is 0. The van der Waals surface area contributed by atoms with Crippen molar-refractivity contribution in [1.29, 1.82) is 0 Å². The number of non-ortho nitro benzene ring substituents is 1. The van der Waals surface area contributed by atoms with Crippen LogP contribution in [0.3, 0.4) is 0 Å². The highest BCUT2D eigenvalue weighted by molar-refractivity contribution is 5.85. The lowest BCUT2D eigenvalue weighted by Crippen LogP contribution is -2.09. The topological polar surface area (TPSA) is 78.8 Å². The zero-order chi connectivity index (χ0) is 19.8. The molecule has 0 aliphatic rings. The third-order valence-corrected chi connectivity index (χ3v) is 4.53. The van der Waals surface area contributed by atoms with E-state index in [1.54, 1.807) is 16.8 Å². The predicted octanol–water partition coefficient (Wildman–Crippen LogP) is 4.58. The number of aryl methyl sites for hydroxylation is 1. The maximum Gasteiger partial charge on any atom is 0.271 e. The van der Waals surface area contributed by atoms with Crippen LogP contribution < -0.4 is 0 Å². The number of halogens is 3. The molecule has 0 spiro atoms. The van der Waals surface area contributed by atoms with Crippen molar-refractivity contribution in [2.45, 2.75) is 20.0 Å². The van der Waals surface area contributed by atoms with Gasteiger partial charge in [0.2, 0.25) is 0 Å². The Kier molecular flexibility index (Phi) is 5.60. The summed E-state index contributed by atoms with van der Waals surface area (Å²) >= 11 is 0. The summed E-state index contributed by atoms with van der Waals surface area (Å²) in [5.74, 6) is -0.223. The van der Waals surface area contributed by atoms with E-state index >= 15 is 0 Å². The number of fused-ring (bicyclic) bond motifs is 1. The van der Waals surface area contributed by atoms with Gasteiger partial charge in [-0.2, -0.15) is 0 Å². The first-order chi connectivity index (χ1) is 13.5. The first-order valence-electron chi connectivity index (χ1n) is 8.58. The van der Waals surface area contributed by atoms with E-state index in [4.69, 9.17) is 0 Å². The summed E-state index contributed by atoms with van der Waals surface area (Å²) in [6, 6.07) is 7.73. The van der Waals surface area contributed by atoms with E-state index in [2.05, 4.69) is 9.97 Å². The quantitative estimate of drug-likeness (QED) is 0.350. The van der Waals surface area contributed by atoms with Crippen LogP contribution >= 0.6 is 12.4 Å². The van der Waals surface area contributed by atoms with Gasteiger partial charge in [-0.1, -0.05) is 0 Å². The van der Waals surface area contributed by atoms with Crippen LogP contribution in [-0.2, 0) is 13.1 Å². The first kappa shape index (κ1) is 20.4. The highest BCUT2D eigenvalue weighted by Crippen LogP contribution is 2.25. The van der Waals surface area contributed by atoms with Gasteiger partial charge in [0.05, 0.1) is 28.1 Å². The van der Waals surface area contributed by atoms with Gasteiger partial charge in [-0.05, 0) is 31.2 Å². The van der Waals surface area contributed by atoms with E-state index in [1.165, 1.54) is 18.3 Å². The number of nitro benzene ring substituents is 1. The predicted molar refractivity (Wildman–Crippen MR) is 106 cm³/mol. The van der Waals surface area contributed by atoms with Gasteiger partial charge in [0, 0.05) is 31.1 Å². The number of aromatic nitrogens is 4. The van der Waals surface area contributed by atoms with Crippen molar-refractivity contribution in [2.24, 2.45) is 0 Å². The second-order valence-electron chi connectivity index (χ2n) is 6.21. The van der Waals surface area contributed by atoms with Gasteiger partial charge in [-0.3, -0.25) is 10.1 Å². The number of nitrogens with zero attached hydrogens (tertiary/aromatic N) is 5. The Morgan fingerprint density at radius 1 is 1.17 bits per heavy atom. The van der Waals surface area contributed by atoms with E-state index in [0.717, 1.165) is 23.7 Å². The van der Waals surface area contributed by atoms with Crippen LogP contribution in [0.1, 0.15) is 12.7 Å². The van der Waals surface area contributed by atoms with Gasteiger partial charge in [0.25, 0.3) is 5.69 Å². The molecular formula is C19H16ClF2N5O2. The number of benzene rings is 2. The molecule has 4 aromatic rings. The van der Waals surface area contributed by atoms with Crippen LogP contribution in [0.4, 0.5) is 14.5 Å². The standard InChI is InChI=1S/C19H15F2N5O2.ClH/c1-2-25-17-6-4-13(26(27)28)10-16(17)23-18(25)11-24-8-7-22-19(24)14-9-12(20)3-5-15(14)21;/h3-10H,2,11H2,1H3;1H.